The SMILES string of the molecule is CC1CCC2C=CC=CC12.CC1CCCCc2ccccc21.CC1CCCc2ccccc21.CC1COc2ccccc21.I.[CH-]=C(C)c1ccccc1[CH2-].[K+]. The summed E-state index contributed by atoms with van der Waals surface area (Å²) in [5.41, 5.74) is 10.5. The van der Waals surface area contributed by atoms with E-state index < -0.39 is 0 Å². The molecule has 0 N–H and O–H groups in total. The van der Waals surface area contributed by atoms with Crippen molar-refractivity contribution in [1.82, 2.24) is 0 Å². The Bertz CT molecular complexity index is 1800. The molecular weight excluding hydrogens is 807 g/mol. The van der Waals surface area contributed by atoms with Crippen LogP contribution < -0.4 is 56.1 Å². The minimum Gasteiger partial charge on any atom is -0.493 e. The second-order valence-electron chi connectivity index (χ2n) is 16.0. The van der Waals surface area contributed by atoms with Gasteiger partial charge in [0, 0.05) is 11.5 Å². The minimum atomic E-state index is 0. The van der Waals surface area contributed by atoms with Gasteiger partial charge in [-0.2, -0.15) is 24.1 Å². The van der Waals surface area contributed by atoms with Crippen molar-refractivity contribution in [2.45, 2.75) is 110 Å². The van der Waals surface area contributed by atoms with E-state index in [2.05, 4.69) is 120 Å². The third kappa shape index (κ3) is 14.2. The summed E-state index contributed by atoms with van der Waals surface area (Å²) >= 11 is 0. The molecule has 1 fully saturated rings. The number of rotatable bonds is 1. The van der Waals surface area contributed by atoms with E-state index >= 15 is 0 Å². The third-order valence-electron chi connectivity index (χ3n) is 11.9. The number of para-hydroxylation sites is 1. The standard InChI is InChI=1S/C12H16.C11H14.C10H14.C10H10.C9H10O.HI.K/c1-10-6-2-3-7-11-8-4-5-9-12(10)11;1-9-5-4-7-10-6-2-3-8-11(9)10;1-8-6-7-9-4-2-3-5-10(8)9;1-8(2)10-7-5-4-6-9(10)3;1-7-6-10-9-5-3-2-4-8(7)9;;/h4-5,8-10H,2-3,6-7H2,1H3;2-3,6,8-9H,4-5,7H2,1H3;2-5,8-10H,6-7H2,1H3;1,4-7H,3H2,2H3;2-5,7H,6H2,1H3;1H;/q;;;-2;;;+1. The topological polar surface area (TPSA) is 9.23 Å². The van der Waals surface area contributed by atoms with Gasteiger partial charge in [-0.25, -0.2) is 0 Å². The van der Waals surface area contributed by atoms with Gasteiger partial charge in [-0.3, -0.25) is 6.58 Å². The zero-order valence-electron chi connectivity index (χ0n) is 34.7. The molecule has 9 rings (SSSR count). The molecule has 4 aromatic carbocycles. The molecule has 5 aliphatic rings. The maximum absolute atomic E-state index is 5.59. The number of aryl methyl sites for hydroxylation is 2. The Kier molecular flexibility index (Phi) is 21.4. The average Bonchev–Trinajstić information content (AvgIpc) is 3.70. The van der Waals surface area contributed by atoms with E-state index in [1.165, 1.54) is 63.4 Å². The predicted molar refractivity (Wildman–Crippen MR) is 244 cm³/mol. The first-order valence-corrected chi connectivity index (χ1v) is 20.5. The summed E-state index contributed by atoms with van der Waals surface area (Å²) in [6, 6.07) is 33.8. The van der Waals surface area contributed by atoms with E-state index in [1.54, 1.807) is 22.3 Å². The van der Waals surface area contributed by atoms with E-state index in [9.17, 15) is 0 Å². The molecule has 6 atom stereocenters. The molecule has 0 amide bonds. The summed E-state index contributed by atoms with van der Waals surface area (Å²) in [4.78, 5) is 0. The molecular formula is C52H65IKO-. The molecule has 55 heavy (non-hydrogen) atoms. The van der Waals surface area contributed by atoms with Crippen molar-refractivity contribution in [3.63, 3.8) is 0 Å². The normalized spacial score (nSPS) is 23.2. The van der Waals surface area contributed by atoms with E-state index in [0.29, 0.717) is 5.92 Å². The number of benzene rings is 4. The third-order valence-corrected chi connectivity index (χ3v) is 11.9. The molecule has 288 valence electrons. The zero-order valence-corrected chi connectivity index (χ0v) is 40.1. The quantitative estimate of drug-likeness (QED) is 0.0801. The van der Waals surface area contributed by atoms with Gasteiger partial charge in [-0.1, -0.05) is 138 Å². The molecule has 1 aliphatic heterocycles. The van der Waals surface area contributed by atoms with Gasteiger partial charge in [0.2, 0.25) is 0 Å². The second kappa shape index (κ2) is 24.8. The molecule has 6 unspecified atom stereocenters. The molecule has 0 radical (unpaired) electrons. The number of hydrogen-bond acceptors (Lipinski definition) is 1. The van der Waals surface area contributed by atoms with Crippen LogP contribution in [0.5, 0.6) is 5.75 Å². The Morgan fingerprint density at radius 2 is 1.16 bits per heavy atom. The molecule has 1 heterocycles. The maximum atomic E-state index is 5.59. The van der Waals surface area contributed by atoms with E-state index in [0.717, 1.165) is 58.6 Å². The van der Waals surface area contributed by atoms with Crippen LogP contribution in [0.4, 0.5) is 0 Å². The van der Waals surface area contributed by atoms with Crippen molar-refractivity contribution in [2.24, 2.45) is 17.8 Å². The summed E-state index contributed by atoms with van der Waals surface area (Å²) < 4.78 is 5.41. The second-order valence-corrected chi connectivity index (χ2v) is 16.0. The number of fused-ring (bicyclic) bond motifs is 4. The summed E-state index contributed by atoms with van der Waals surface area (Å²) in [6.07, 6.45) is 21.4. The maximum Gasteiger partial charge on any atom is 1.00 e. The van der Waals surface area contributed by atoms with Crippen molar-refractivity contribution in [3.8, 4) is 5.75 Å². The molecule has 3 heteroatoms. The first-order chi connectivity index (χ1) is 25.7. The monoisotopic (exact) mass is 871 g/mol. The predicted octanol–water partition coefficient (Wildman–Crippen LogP) is 11.9. The Hall–Kier alpha value is -1.86. The smallest absolute Gasteiger partial charge is 0.493 e. The van der Waals surface area contributed by atoms with Crippen molar-refractivity contribution in [2.75, 3.05) is 6.61 Å². The van der Waals surface area contributed by atoms with Gasteiger partial charge in [0.15, 0.2) is 0 Å². The summed E-state index contributed by atoms with van der Waals surface area (Å²) in [6.45, 7) is 21.4. The minimum absolute atomic E-state index is 0. The fraction of sp³-hybridized carbons (Fsp3) is 0.404. The van der Waals surface area contributed by atoms with Crippen LogP contribution in [0.2, 0.25) is 0 Å². The van der Waals surface area contributed by atoms with Gasteiger partial charge in [-0.05, 0) is 109 Å². The fourth-order valence-corrected chi connectivity index (χ4v) is 8.61. The molecule has 4 aromatic rings. The Balaban J connectivity index is 0.000000183. The summed E-state index contributed by atoms with van der Waals surface area (Å²) in [5, 5.41) is 0. The van der Waals surface area contributed by atoms with Gasteiger partial charge < -0.3 is 4.74 Å². The Labute approximate surface area is 395 Å². The molecule has 0 spiro atoms. The summed E-state index contributed by atoms with van der Waals surface area (Å²) in [5.74, 6) is 5.88. The van der Waals surface area contributed by atoms with Crippen LogP contribution in [-0.4, -0.2) is 6.61 Å². The van der Waals surface area contributed by atoms with Gasteiger partial charge >= 0.3 is 51.4 Å². The van der Waals surface area contributed by atoms with Crippen LogP contribution in [0, 0.1) is 31.3 Å². The van der Waals surface area contributed by atoms with Crippen LogP contribution in [0.25, 0.3) is 5.57 Å². The van der Waals surface area contributed by atoms with Gasteiger partial charge in [0.1, 0.15) is 5.75 Å². The molecule has 0 bridgehead atoms. The van der Waals surface area contributed by atoms with Crippen molar-refractivity contribution < 1.29 is 56.1 Å². The number of halogens is 1. The van der Waals surface area contributed by atoms with Gasteiger partial charge in [-0.15, -0.1) is 41.7 Å². The Morgan fingerprint density at radius 3 is 1.76 bits per heavy atom. The molecule has 0 aromatic heterocycles. The van der Waals surface area contributed by atoms with E-state index in [4.69, 9.17) is 11.3 Å². The fourth-order valence-electron chi connectivity index (χ4n) is 8.61. The van der Waals surface area contributed by atoms with Crippen molar-refractivity contribution in [1.29, 1.82) is 0 Å². The zero-order chi connectivity index (χ0) is 37.6. The first-order valence-electron chi connectivity index (χ1n) is 20.5. The van der Waals surface area contributed by atoms with Crippen LogP contribution in [0.3, 0.4) is 0 Å². The summed E-state index contributed by atoms with van der Waals surface area (Å²) in [7, 11) is 0. The molecule has 0 saturated heterocycles. The van der Waals surface area contributed by atoms with Crippen molar-refractivity contribution in [3.05, 3.63) is 174 Å². The number of ether oxygens (including phenoxy) is 1. The first kappa shape index (κ1) is 47.5. The van der Waals surface area contributed by atoms with Crippen LogP contribution >= 0.6 is 24.0 Å². The largest absolute Gasteiger partial charge is 1.00 e. The number of allylic oxidation sites excluding steroid dienone is 5. The average molecular weight is 872 g/mol. The van der Waals surface area contributed by atoms with Gasteiger partial charge in [0.25, 0.3) is 0 Å². The molecule has 1 nitrogen and oxygen atoms in total. The molecule has 4 aliphatic carbocycles. The van der Waals surface area contributed by atoms with E-state index in [1.807, 2.05) is 43.3 Å². The molecule has 1 saturated carbocycles. The van der Waals surface area contributed by atoms with E-state index in [-0.39, 0.29) is 75.4 Å². The van der Waals surface area contributed by atoms with Gasteiger partial charge in [0.05, 0.1) is 6.61 Å². The van der Waals surface area contributed by atoms with Crippen LogP contribution in [0.15, 0.2) is 121 Å². The number of hydrogen-bond donors (Lipinski definition) is 0. The Morgan fingerprint density at radius 1 is 0.618 bits per heavy atom. The van der Waals surface area contributed by atoms with Crippen LogP contribution in [-0.2, 0) is 12.8 Å². The van der Waals surface area contributed by atoms with Crippen LogP contribution in [0.1, 0.15) is 136 Å². The van der Waals surface area contributed by atoms with Crippen molar-refractivity contribution >= 4 is 29.5 Å².